The van der Waals surface area contributed by atoms with Gasteiger partial charge in [-0.25, -0.2) is 17.2 Å². The number of carbonyl (C=O) groups is 1. The van der Waals surface area contributed by atoms with Crippen LogP contribution in [0.2, 0.25) is 5.02 Å². The number of hydrogen-bond donors (Lipinski definition) is 2. The monoisotopic (exact) mass is 457 g/mol. The quantitative estimate of drug-likeness (QED) is 0.532. The van der Waals surface area contributed by atoms with Gasteiger partial charge in [-0.05, 0) is 31.0 Å². The van der Waals surface area contributed by atoms with E-state index in [0.29, 0.717) is 0 Å². The fourth-order valence-corrected chi connectivity index (χ4v) is 4.28. The van der Waals surface area contributed by atoms with Crippen molar-refractivity contribution in [2.24, 2.45) is 7.05 Å². The first-order valence-electron chi connectivity index (χ1n) is 7.99. The molecule has 3 rings (SSSR count). The van der Waals surface area contributed by atoms with E-state index in [1.807, 2.05) is 0 Å². The van der Waals surface area contributed by atoms with Gasteiger partial charge in [-0.3, -0.25) is 4.79 Å². The molecular formula is C16H13ClF5N3O3S. The van der Waals surface area contributed by atoms with Crippen LogP contribution in [0.3, 0.4) is 0 Å². The van der Waals surface area contributed by atoms with E-state index < -0.39 is 54.9 Å². The molecule has 2 N–H and O–H groups in total. The van der Waals surface area contributed by atoms with Crippen molar-refractivity contribution in [2.45, 2.75) is 29.5 Å². The number of rotatable bonds is 5. The minimum absolute atomic E-state index is 0.290. The molecule has 6 nitrogen and oxygen atoms in total. The third-order valence-electron chi connectivity index (χ3n) is 4.43. The van der Waals surface area contributed by atoms with E-state index >= 15 is 0 Å². The molecule has 1 aliphatic carbocycles. The fraction of sp³-hybridized carbons (Fsp3) is 0.312. The first-order valence-corrected chi connectivity index (χ1v) is 9.85. The second-order valence-corrected chi connectivity index (χ2v) is 8.59. The number of alkyl halides is 3. The average molecular weight is 458 g/mol. The smallest absolute Gasteiger partial charge is 0.345 e. The summed E-state index contributed by atoms with van der Waals surface area (Å²) in [6, 6.07) is 2.57. The van der Waals surface area contributed by atoms with Crippen molar-refractivity contribution in [3.8, 4) is 0 Å². The molecule has 29 heavy (non-hydrogen) atoms. The van der Waals surface area contributed by atoms with Gasteiger partial charge in [0.05, 0.1) is 5.69 Å². The summed E-state index contributed by atoms with van der Waals surface area (Å²) in [5.74, 6) is -3.25. The summed E-state index contributed by atoms with van der Waals surface area (Å²) in [6.45, 7) is 0. The Morgan fingerprint density at radius 2 is 1.86 bits per heavy atom. The summed E-state index contributed by atoms with van der Waals surface area (Å²) in [7, 11) is -3.31. The second kappa shape index (κ2) is 6.96. The minimum Gasteiger partial charge on any atom is -0.345 e. The third kappa shape index (κ3) is 3.96. The number of aryl methyl sites for hydroxylation is 1. The predicted molar refractivity (Wildman–Crippen MR) is 93.1 cm³/mol. The van der Waals surface area contributed by atoms with Crippen LogP contribution in [0, 0.1) is 11.6 Å². The lowest BCUT2D eigenvalue weighted by Gasteiger charge is -2.20. The van der Waals surface area contributed by atoms with E-state index in [4.69, 9.17) is 11.6 Å². The predicted octanol–water partition coefficient (Wildman–Crippen LogP) is 3.58. The minimum atomic E-state index is -4.76. The molecule has 2 aromatic rings. The number of aromatic nitrogens is 1. The lowest BCUT2D eigenvalue weighted by Crippen LogP contribution is -2.47. The highest BCUT2D eigenvalue weighted by atomic mass is 35.5. The maximum absolute atomic E-state index is 13.9. The highest BCUT2D eigenvalue weighted by Gasteiger charge is 2.65. The molecule has 158 valence electrons. The van der Waals surface area contributed by atoms with Crippen LogP contribution in [0.4, 0.5) is 27.6 Å². The molecule has 0 unspecified atom stereocenters. The number of nitrogens with one attached hydrogen (secondary N) is 2. The van der Waals surface area contributed by atoms with Crippen molar-refractivity contribution in [3.63, 3.8) is 0 Å². The lowest BCUT2D eigenvalue weighted by molar-refractivity contribution is -0.160. The van der Waals surface area contributed by atoms with Crippen molar-refractivity contribution in [2.75, 3.05) is 5.32 Å². The molecule has 0 radical (unpaired) electrons. The molecule has 1 aromatic carbocycles. The molecule has 13 heteroatoms. The van der Waals surface area contributed by atoms with Gasteiger partial charge in [0.25, 0.3) is 5.91 Å². The molecule has 1 saturated carbocycles. The van der Waals surface area contributed by atoms with Gasteiger partial charge < -0.3 is 9.88 Å². The molecule has 0 spiro atoms. The summed E-state index contributed by atoms with van der Waals surface area (Å²) in [5.41, 5.74) is -3.26. The van der Waals surface area contributed by atoms with Crippen LogP contribution in [0.15, 0.2) is 29.3 Å². The topological polar surface area (TPSA) is 80.2 Å². The van der Waals surface area contributed by atoms with Gasteiger partial charge >= 0.3 is 6.18 Å². The number of nitrogens with zero attached hydrogens (tertiary/aromatic N) is 1. The summed E-state index contributed by atoms with van der Waals surface area (Å²) < 4.78 is 93.6. The van der Waals surface area contributed by atoms with Crippen molar-refractivity contribution in [1.29, 1.82) is 0 Å². The Morgan fingerprint density at radius 1 is 1.24 bits per heavy atom. The Labute approximate surface area is 166 Å². The highest BCUT2D eigenvalue weighted by molar-refractivity contribution is 7.89. The van der Waals surface area contributed by atoms with Crippen LogP contribution in [-0.2, 0) is 17.1 Å². The Bertz CT molecular complexity index is 1090. The summed E-state index contributed by atoms with van der Waals surface area (Å²) in [4.78, 5) is 11.8. The number of benzene rings is 1. The molecule has 1 aliphatic rings. The van der Waals surface area contributed by atoms with Gasteiger partial charge in [-0.15, -0.1) is 0 Å². The van der Waals surface area contributed by atoms with Crippen LogP contribution in [-0.4, -0.2) is 30.6 Å². The number of carbonyl (C=O) groups excluding carboxylic acids is 1. The number of anilines is 1. The maximum Gasteiger partial charge on any atom is 0.407 e. The van der Waals surface area contributed by atoms with Crippen molar-refractivity contribution >= 4 is 33.2 Å². The summed E-state index contributed by atoms with van der Waals surface area (Å²) in [6.07, 6.45) is -4.59. The molecule has 1 heterocycles. The van der Waals surface area contributed by atoms with Crippen molar-refractivity contribution in [1.82, 2.24) is 9.29 Å². The van der Waals surface area contributed by atoms with Gasteiger partial charge in [0.2, 0.25) is 10.0 Å². The van der Waals surface area contributed by atoms with Gasteiger partial charge in [-0.1, -0.05) is 11.6 Å². The number of hydrogen-bond acceptors (Lipinski definition) is 3. The number of amides is 1. The summed E-state index contributed by atoms with van der Waals surface area (Å²) >= 11 is 5.43. The first-order chi connectivity index (χ1) is 13.3. The fourth-order valence-electron chi connectivity index (χ4n) is 2.60. The molecule has 0 bridgehead atoms. The third-order valence-corrected chi connectivity index (χ3v) is 6.28. The second-order valence-electron chi connectivity index (χ2n) is 6.53. The summed E-state index contributed by atoms with van der Waals surface area (Å²) in [5, 5.41) is 1.26. The van der Waals surface area contributed by atoms with Crippen molar-refractivity contribution < 1.29 is 35.2 Å². The Balaban J connectivity index is 1.85. The molecule has 0 saturated heterocycles. The number of sulfonamides is 1. The Kier molecular flexibility index (Phi) is 5.16. The van der Waals surface area contributed by atoms with Crippen LogP contribution < -0.4 is 10.0 Å². The van der Waals surface area contributed by atoms with Crippen LogP contribution in [0.5, 0.6) is 0 Å². The number of halogens is 6. The maximum atomic E-state index is 13.9. The van der Waals surface area contributed by atoms with Gasteiger partial charge in [0.1, 0.15) is 27.0 Å². The molecule has 0 atom stereocenters. The molecule has 1 fully saturated rings. The zero-order chi connectivity index (χ0) is 21.8. The first kappa shape index (κ1) is 21.5. The van der Waals surface area contributed by atoms with E-state index in [1.165, 1.54) is 7.05 Å². The van der Waals surface area contributed by atoms with Crippen LogP contribution in [0.1, 0.15) is 23.3 Å². The SMILES string of the molecule is Cn1cc(S(=O)(=O)NC2(C(F)(F)F)CC2)cc1C(=O)Nc1ccc(F)c(Cl)c1F. The van der Waals surface area contributed by atoms with Gasteiger partial charge in [0, 0.05) is 13.2 Å². The molecule has 1 amide bonds. The van der Waals surface area contributed by atoms with E-state index in [0.717, 1.165) is 29.0 Å². The van der Waals surface area contributed by atoms with Crippen LogP contribution >= 0.6 is 11.6 Å². The Hall–Kier alpha value is -2.18. The van der Waals surface area contributed by atoms with E-state index in [9.17, 15) is 35.2 Å². The average Bonchev–Trinajstić information content (AvgIpc) is 3.28. The molecule has 1 aromatic heterocycles. The van der Waals surface area contributed by atoms with E-state index in [2.05, 4.69) is 5.32 Å². The van der Waals surface area contributed by atoms with Gasteiger partial charge in [-0.2, -0.15) is 17.9 Å². The normalized spacial score (nSPS) is 16.0. The Morgan fingerprint density at radius 3 is 2.41 bits per heavy atom. The van der Waals surface area contributed by atoms with E-state index in [-0.39, 0.29) is 18.5 Å². The van der Waals surface area contributed by atoms with Gasteiger partial charge in [0.15, 0.2) is 5.82 Å². The zero-order valence-electron chi connectivity index (χ0n) is 14.6. The molecule has 0 aliphatic heterocycles. The standard InChI is InChI=1S/C16H13ClF5N3O3S/c1-25-7-8(29(27,28)24-15(4-5-15)16(20,21)22)6-11(25)14(26)23-10-3-2-9(18)12(17)13(10)19/h2-3,6-7,24H,4-5H2,1H3,(H,23,26). The van der Waals surface area contributed by atoms with Crippen molar-refractivity contribution in [3.05, 3.63) is 46.7 Å². The van der Waals surface area contributed by atoms with E-state index in [1.54, 1.807) is 4.72 Å². The zero-order valence-corrected chi connectivity index (χ0v) is 16.1. The lowest BCUT2D eigenvalue weighted by atomic mass is 10.2. The highest BCUT2D eigenvalue weighted by Crippen LogP contribution is 2.49. The van der Waals surface area contributed by atoms with Crippen LogP contribution in [0.25, 0.3) is 0 Å². The largest absolute Gasteiger partial charge is 0.407 e. The molecular weight excluding hydrogens is 445 g/mol.